The highest BCUT2D eigenvalue weighted by Gasteiger charge is 2.19. The number of piperazine rings is 1. The Morgan fingerprint density at radius 2 is 1.96 bits per heavy atom. The van der Waals surface area contributed by atoms with Gasteiger partial charge in [0.05, 0.1) is 10.7 Å². The number of nitrogens with zero attached hydrogens (tertiary/aromatic N) is 4. The Kier molecular flexibility index (Phi) is 6.28. The molecule has 0 saturated carbocycles. The van der Waals surface area contributed by atoms with Crippen molar-refractivity contribution in [3.8, 4) is 0 Å². The number of hydrogen-bond acceptors (Lipinski definition) is 4. The zero-order chi connectivity index (χ0) is 17.5. The van der Waals surface area contributed by atoms with E-state index in [4.69, 9.17) is 0 Å². The van der Waals surface area contributed by atoms with Crippen molar-refractivity contribution < 1.29 is 0 Å². The monoisotopic (exact) mass is 357 g/mol. The first-order valence-corrected chi connectivity index (χ1v) is 9.87. The van der Waals surface area contributed by atoms with E-state index >= 15 is 0 Å². The molecular formula is C19H27N5S. The first-order valence-electron chi connectivity index (χ1n) is 8.99. The molecule has 25 heavy (non-hydrogen) atoms. The second kappa shape index (κ2) is 8.85. The molecule has 1 fully saturated rings. The number of rotatable bonds is 5. The fraction of sp³-hybridized carbons (Fsp3) is 0.474. The van der Waals surface area contributed by atoms with E-state index in [1.807, 2.05) is 7.05 Å². The fourth-order valence-corrected chi connectivity index (χ4v) is 3.86. The van der Waals surface area contributed by atoms with Crippen LogP contribution in [0, 0.1) is 0 Å². The number of aryl methyl sites for hydroxylation is 1. The number of aromatic nitrogens is 1. The molecule has 0 spiro atoms. The van der Waals surface area contributed by atoms with Crippen LogP contribution >= 0.6 is 11.3 Å². The summed E-state index contributed by atoms with van der Waals surface area (Å²) in [5, 5.41) is 6.88. The predicted molar refractivity (Wildman–Crippen MR) is 107 cm³/mol. The predicted octanol–water partition coefficient (Wildman–Crippen LogP) is 2.65. The van der Waals surface area contributed by atoms with E-state index < -0.39 is 0 Å². The van der Waals surface area contributed by atoms with E-state index in [2.05, 4.69) is 67.7 Å². The summed E-state index contributed by atoms with van der Waals surface area (Å²) in [6.45, 7) is 7.06. The average Bonchev–Trinajstić information content (AvgIpc) is 3.14. The van der Waals surface area contributed by atoms with Crippen LogP contribution in [-0.2, 0) is 12.8 Å². The molecule has 0 unspecified atom stereocenters. The molecule has 0 radical (unpaired) electrons. The number of anilines is 1. The number of nitrogens with one attached hydrogen (secondary N) is 1. The molecule has 1 aromatic heterocycles. The average molecular weight is 358 g/mol. The van der Waals surface area contributed by atoms with Crippen molar-refractivity contribution in [1.82, 2.24) is 15.2 Å². The smallest absolute Gasteiger partial charge is 0.193 e. The van der Waals surface area contributed by atoms with Crippen molar-refractivity contribution in [3.05, 3.63) is 46.4 Å². The Hall–Kier alpha value is -2.08. The lowest BCUT2D eigenvalue weighted by molar-refractivity contribution is 0.373. The second-order valence-corrected chi connectivity index (χ2v) is 7.06. The third-order valence-corrected chi connectivity index (χ3v) is 5.52. The van der Waals surface area contributed by atoms with Crippen LogP contribution in [0.15, 0.2) is 40.7 Å². The minimum atomic E-state index is 0.873. The second-order valence-electron chi connectivity index (χ2n) is 6.12. The summed E-state index contributed by atoms with van der Waals surface area (Å²) in [6.07, 6.45) is 1.96. The van der Waals surface area contributed by atoms with Crippen LogP contribution in [0.3, 0.4) is 0 Å². The van der Waals surface area contributed by atoms with Crippen LogP contribution in [-0.4, -0.2) is 55.6 Å². The SMILES string of the molecule is CCc1nc(CCNC(=NC)N2CCN(c3ccccc3)CC2)cs1. The number of guanidine groups is 1. The summed E-state index contributed by atoms with van der Waals surface area (Å²) in [5.41, 5.74) is 2.49. The van der Waals surface area contributed by atoms with Crippen molar-refractivity contribution in [2.45, 2.75) is 19.8 Å². The third-order valence-electron chi connectivity index (χ3n) is 4.48. The maximum Gasteiger partial charge on any atom is 0.193 e. The van der Waals surface area contributed by atoms with Gasteiger partial charge in [0.25, 0.3) is 0 Å². The highest BCUT2D eigenvalue weighted by Crippen LogP contribution is 2.15. The first kappa shape index (κ1) is 17.7. The van der Waals surface area contributed by atoms with Gasteiger partial charge in [-0.1, -0.05) is 25.1 Å². The molecule has 6 heteroatoms. The maximum absolute atomic E-state index is 4.63. The number of hydrogen-bond donors (Lipinski definition) is 1. The summed E-state index contributed by atoms with van der Waals surface area (Å²) >= 11 is 1.76. The van der Waals surface area contributed by atoms with Crippen molar-refractivity contribution >= 4 is 23.0 Å². The molecule has 2 aromatic rings. The van der Waals surface area contributed by atoms with Gasteiger partial charge in [-0.3, -0.25) is 4.99 Å². The van der Waals surface area contributed by atoms with Crippen LogP contribution in [0.4, 0.5) is 5.69 Å². The number of benzene rings is 1. The summed E-state index contributed by atoms with van der Waals surface area (Å²) in [7, 11) is 1.87. The number of thiazole rings is 1. The first-order chi connectivity index (χ1) is 12.3. The van der Waals surface area contributed by atoms with E-state index in [1.54, 1.807) is 11.3 Å². The van der Waals surface area contributed by atoms with Gasteiger partial charge in [0.2, 0.25) is 0 Å². The highest BCUT2D eigenvalue weighted by molar-refractivity contribution is 7.09. The van der Waals surface area contributed by atoms with Gasteiger partial charge in [-0.05, 0) is 18.6 Å². The molecule has 1 aliphatic rings. The zero-order valence-corrected chi connectivity index (χ0v) is 15.9. The minimum Gasteiger partial charge on any atom is -0.368 e. The Balaban J connectivity index is 1.46. The maximum atomic E-state index is 4.63. The third kappa shape index (κ3) is 4.72. The van der Waals surface area contributed by atoms with Crippen LogP contribution in [0.2, 0.25) is 0 Å². The molecule has 1 aliphatic heterocycles. The van der Waals surface area contributed by atoms with E-state index in [0.717, 1.165) is 51.5 Å². The largest absolute Gasteiger partial charge is 0.368 e. The van der Waals surface area contributed by atoms with Gasteiger partial charge in [-0.25, -0.2) is 4.98 Å². The Morgan fingerprint density at radius 3 is 2.60 bits per heavy atom. The summed E-state index contributed by atoms with van der Waals surface area (Å²) in [5.74, 6) is 0.999. The molecule has 0 bridgehead atoms. The van der Waals surface area contributed by atoms with Crippen LogP contribution in [0.1, 0.15) is 17.6 Å². The fourth-order valence-electron chi connectivity index (χ4n) is 3.08. The van der Waals surface area contributed by atoms with Crippen LogP contribution in [0.5, 0.6) is 0 Å². The normalized spacial score (nSPS) is 15.5. The number of para-hydroxylation sites is 1. The van der Waals surface area contributed by atoms with Crippen molar-refractivity contribution in [1.29, 1.82) is 0 Å². The molecule has 2 heterocycles. The van der Waals surface area contributed by atoms with Gasteiger partial charge in [0.15, 0.2) is 5.96 Å². The molecule has 3 rings (SSSR count). The van der Waals surface area contributed by atoms with E-state index in [0.29, 0.717) is 0 Å². The zero-order valence-electron chi connectivity index (χ0n) is 15.1. The Labute approximate surface area is 154 Å². The number of aliphatic imine (C=N–C) groups is 1. The van der Waals surface area contributed by atoms with Gasteiger partial charge in [-0.15, -0.1) is 11.3 Å². The molecule has 1 N–H and O–H groups in total. The van der Waals surface area contributed by atoms with Crippen LogP contribution < -0.4 is 10.2 Å². The van der Waals surface area contributed by atoms with Gasteiger partial charge in [0, 0.05) is 57.3 Å². The topological polar surface area (TPSA) is 43.8 Å². The Bertz CT molecular complexity index is 674. The van der Waals surface area contributed by atoms with E-state index in [9.17, 15) is 0 Å². The molecule has 0 aliphatic carbocycles. The minimum absolute atomic E-state index is 0.873. The molecule has 0 amide bonds. The summed E-state index contributed by atoms with van der Waals surface area (Å²) < 4.78 is 0. The van der Waals surface area contributed by atoms with Crippen molar-refractivity contribution in [2.75, 3.05) is 44.7 Å². The van der Waals surface area contributed by atoms with E-state index in [-0.39, 0.29) is 0 Å². The van der Waals surface area contributed by atoms with E-state index in [1.165, 1.54) is 16.4 Å². The lowest BCUT2D eigenvalue weighted by Crippen LogP contribution is -2.52. The highest BCUT2D eigenvalue weighted by atomic mass is 32.1. The molecular weight excluding hydrogens is 330 g/mol. The lowest BCUT2D eigenvalue weighted by atomic mass is 10.2. The standard InChI is InChI=1S/C19H27N5S/c1-3-18-22-16(15-25-18)9-10-21-19(20-2)24-13-11-23(12-14-24)17-7-5-4-6-8-17/h4-8,15H,3,9-14H2,1-2H3,(H,20,21). The lowest BCUT2D eigenvalue weighted by Gasteiger charge is -2.37. The van der Waals surface area contributed by atoms with Gasteiger partial charge in [-0.2, -0.15) is 0 Å². The molecule has 134 valence electrons. The summed E-state index contributed by atoms with van der Waals surface area (Å²) in [6, 6.07) is 10.6. The van der Waals surface area contributed by atoms with Gasteiger partial charge >= 0.3 is 0 Å². The molecule has 1 saturated heterocycles. The quantitative estimate of drug-likeness (QED) is 0.660. The van der Waals surface area contributed by atoms with Gasteiger partial charge in [0.1, 0.15) is 0 Å². The van der Waals surface area contributed by atoms with Crippen LogP contribution in [0.25, 0.3) is 0 Å². The summed E-state index contributed by atoms with van der Waals surface area (Å²) in [4.78, 5) is 13.9. The molecule has 1 aromatic carbocycles. The van der Waals surface area contributed by atoms with Gasteiger partial charge < -0.3 is 15.1 Å². The van der Waals surface area contributed by atoms with Crippen molar-refractivity contribution in [2.24, 2.45) is 4.99 Å². The Morgan fingerprint density at radius 1 is 1.20 bits per heavy atom. The molecule has 5 nitrogen and oxygen atoms in total. The van der Waals surface area contributed by atoms with Crippen molar-refractivity contribution in [3.63, 3.8) is 0 Å². The molecule has 0 atom stereocenters.